The highest BCUT2D eigenvalue weighted by Crippen LogP contribution is 1.58. The van der Waals surface area contributed by atoms with Crippen LogP contribution in [0.2, 0.25) is 0 Å². The molecule has 1 atom stereocenters. The van der Waals surface area contributed by atoms with E-state index >= 15 is 0 Å². The summed E-state index contributed by atoms with van der Waals surface area (Å²) >= 11 is 0. The van der Waals surface area contributed by atoms with Crippen LogP contribution in [-0.4, -0.2) is 20.8 Å². The normalized spacial score (nSPS) is 14.0. The molecular weight excluding hydrogens is 59.7 g/mol. The maximum atomic E-state index is 5.11. The van der Waals surface area contributed by atoms with E-state index in [-0.39, 0.29) is 5.94 Å². The van der Waals surface area contributed by atoms with E-state index in [0.717, 1.165) is 0 Å². The molecule has 0 amide bonds. The van der Waals surface area contributed by atoms with Gasteiger partial charge in [-0.1, -0.05) is 6.92 Å². The molecule has 25 valence electrons. The Morgan fingerprint density at radius 1 is 2.00 bits per heavy atom. The lowest BCUT2D eigenvalue weighted by Crippen LogP contribution is -2.22. The maximum absolute atomic E-state index is 5.11. The average Bonchev–Trinajstić information content (AvgIpc) is 1.38. The van der Waals surface area contributed by atoms with Crippen molar-refractivity contribution in [1.82, 2.24) is 0 Å². The minimum atomic E-state index is 0.0370. The van der Waals surface area contributed by atoms with Gasteiger partial charge in [0.2, 0.25) is 0 Å². The summed E-state index contributed by atoms with van der Waals surface area (Å²) in [6, 6.07) is 0. The van der Waals surface area contributed by atoms with Crippen molar-refractivity contribution >= 4 is 14.9 Å². The van der Waals surface area contributed by atoms with Gasteiger partial charge >= 0.3 is 0 Å². The first-order valence-corrected chi connectivity index (χ1v) is 1.58. The average molecular weight is 65.7 g/mol. The van der Waals surface area contributed by atoms with E-state index in [1.807, 2.05) is 6.92 Å². The van der Waals surface area contributed by atoms with Crippen LogP contribution in [0.15, 0.2) is 0 Å². The largest absolute Gasteiger partial charge is 0.336 e. The topological polar surface area (TPSA) is 26.0 Å². The van der Waals surface area contributed by atoms with Crippen LogP contribution in [0.1, 0.15) is 6.92 Å². The first-order valence-electron chi connectivity index (χ1n) is 1.58. The molecule has 0 aromatic rings. The molecule has 1 nitrogen and oxygen atoms in total. The zero-order valence-electron chi connectivity index (χ0n) is 3.31. The summed E-state index contributed by atoms with van der Waals surface area (Å²) in [6.45, 7) is 1.82. The Kier molecular flexibility index (Phi) is 2.38. The Morgan fingerprint density at radius 3 is 2.20 bits per heavy atom. The summed E-state index contributed by atoms with van der Waals surface area (Å²) in [4.78, 5) is 0. The van der Waals surface area contributed by atoms with Crippen molar-refractivity contribution in [2.24, 2.45) is 5.73 Å². The molecule has 0 aliphatic carbocycles. The van der Waals surface area contributed by atoms with Crippen molar-refractivity contribution < 1.29 is 0 Å². The second-order valence-electron chi connectivity index (χ2n) is 1.05. The molecule has 0 aliphatic heterocycles. The summed E-state index contributed by atoms with van der Waals surface area (Å²) in [5, 5.41) is 0. The van der Waals surface area contributed by atoms with Crippen LogP contribution in [-0.2, 0) is 0 Å². The van der Waals surface area contributed by atoms with Gasteiger partial charge in [-0.15, -0.1) is 0 Å². The monoisotopic (exact) mass is 66.1 g/mol. The van der Waals surface area contributed by atoms with Gasteiger partial charge in [0.15, 0.2) is 0 Å². The molecule has 5 heavy (non-hydrogen) atoms. The predicted octanol–water partition coefficient (Wildman–Crippen LogP) is -0.921. The summed E-state index contributed by atoms with van der Waals surface area (Å²) < 4.78 is 0. The van der Waals surface area contributed by atoms with E-state index in [2.05, 4.69) is 0 Å². The highest BCUT2D eigenvalue weighted by molar-refractivity contribution is 6.90. The van der Waals surface area contributed by atoms with Gasteiger partial charge in [-0.05, 0) is 5.94 Å². The second-order valence-corrected chi connectivity index (χ2v) is 1.05. The van der Waals surface area contributed by atoms with Gasteiger partial charge in [0.25, 0.3) is 0 Å². The highest BCUT2D eigenvalue weighted by atomic mass is 14.5. The lowest BCUT2D eigenvalue weighted by molar-refractivity contribution is 1.03. The predicted molar refractivity (Wildman–Crippen MR) is 25.2 cm³/mol. The molecule has 0 heterocycles. The molecule has 0 aromatic carbocycles. The van der Waals surface area contributed by atoms with E-state index in [1.54, 1.807) is 0 Å². The van der Waals surface area contributed by atoms with Crippen molar-refractivity contribution in [3.8, 4) is 0 Å². The highest BCUT2D eigenvalue weighted by Gasteiger charge is 1.81. The van der Waals surface area contributed by atoms with E-state index in [0.29, 0.717) is 0 Å². The van der Waals surface area contributed by atoms with Gasteiger partial charge in [-0.3, -0.25) is 0 Å². The molecule has 0 saturated carbocycles. The van der Waals surface area contributed by atoms with E-state index < -0.39 is 0 Å². The first kappa shape index (κ1) is 5.09. The second kappa shape index (κ2) is 2.33. The van der Waals surface area contributed by atoms with Crippen LogP contribution in [0.25, 0.3) is 0 Å². The van der Waals surface area contributed by atoms with Crippen LogP contribution in [0.4, 0.5) is 0 Å². The minimum absolute atomic E-state index is 0.0370. The zero-order valence-corrected chi connectivity index (χ0v) is 3.31. The van der Waals surface area contributed by atoms with E-state index in [9.17, 15) is 0 Å². The molecular formula is C2H6B2N. The third kappa shape index (κ3) is 4.09. The molecule has 3 heteroatoms. The molecule has 0 aromatic heterocycles. The Balaban J connectivity index is 2.54. The van der Waals surface area contributed by atoms with Crippen molar-refractivity contribution in [3.05, 3.63) is 0 Å². The van der Waals surface area contributed by atoms with Gasteiger partial charge in [-0.2, -0.15) is 0 Å². The van der Waals surface area contributed by atoms with Crippen molar-refractivity contribution in [3.63, 3.8) is 0 Å². The molecule has 0 bridgehead atoms. The zero-order chi connectivity index (χ0) is 4.28. The fourth-order valence-electron chi connectivity index (χ4n) is 0. The molecule has 0 spiro atoms. The molecule has 3 radical (unpaired) electrons. The maximum Gasteiger partial charge on any atom is 0.0769 e. The van der Waals surface area contributed by atoms with Crippen LogP contribution in [0.5, 0.6) is 0 Å². The lowest BCUT2D eigenvalue weighted by Gasteiger charge is -1.90. The fourth-order valence-corrected chi connectivity index (χ4v) is 0. The smallest absolute Gasteiger partial charge is 0.0769 e. The Bertz CT molecular complexity index is 21.6. The molecule has 0 saturated heterocycles. The van der Waals surface area contributed by atoms with Crippen molar-refractivity contribution in [2.45, 2.75) is 12.9 Å². The number of rotatable bonds is 1. The summed E-state index contributed by atoms with van der Waals surface area (Å²) in [5.41, 5.74) is 5.11. The SMILES string of the molecule is [B][B][C@H](C)N. The number of nitrogens with two attached hydrogens (primary N) is 1. The van der Waals surface area contributed by atoms with Crippen LogP contribution in [0.3, 0.4) is 0 Å². The van der Waals surface area contributed by atoms with Gasteiger partial charge in [0.05, 0.1) is 7.17 Å². The molecule has 0 unspecified atom stereocenters. The first-order chi connectivity index (χ1) is 2.27. The Labute approximate surface area is 34.6 Å². The number of hydrogen-bond donors (Lipinski definition) is 1. The summed E-state index contributed by atoms with van der Waals surface area (Å²) in [5.74, 6) is 0.0370. The minimum Gasteiger partial charge on any atom is -0.336 e. The molecule has 2 N–H and O–H groups in total. The van der Waals surface area contributed by atoms with Gasteiger partial charge in [0.1, 0.15) is 0 Å². The van der Waals surface area contributed by atoms with Crippen LogP contribution >= 0.6 is 0 Å². The van der Waals surface area contributed by atoms with E-state index in [4.69, 9.17) is 13.5 Å². The van der Waals surface area contributed by atoms with Crippen molar-refractivity contribution in [1.29, 1.82) is 0 Å². The van der Waals surface area contributed by atoms with Gasteiger partial charge in [-0.25, -0.2) is 0 Å². The third-order valence-electron chi connectivity index (χ3n) is 0.304. The lowest BCUT2D eigenvalue weighted by atomic mass is 9.51. The molecule has 0 aliphatic rings. The van der Waals surface area contributed by atoms with Gasteiger partial charge < -0.3 is 5.73 Å². The fraction of sp³-hybridized carbons (Fsp3) is 1.00. The summed E-state index contributed by atoms with van der Waals surface area (Å²) in [7, 11) is 6.37. The Morgan fingerprint density at radius 2 is 2.20 bits per heavy atom. The number of hydrogen-bond acceptors (Lipinski definition) is 1. The van der Waals surface area contributed by atoms with Crippen LogP contribution in [0, 0.1) is 0 Å². The standard InChI is InChI=1S/C2H6B2N/c1-2(5)4-3/h2H,5H2,1H3/t2-/m0/s1. The van der Waals surface area contributed by atoms with E-state index in [1.165, 1.54) is 7.17 Å². The quantitative estimate of drug-likeness (QED) is 0.393. The Hall–Kier alpha value is 0.0899. The van der Waals surface area contributed by atoms with Crippen LogP contribution < -0.4 is 5.73 Å². The van der Waals surface area contributed by atoms with Gasteiger partial charge in [0, 0.05) is 7.74 Å². The molecule has 0 fully saturated rings. The molecule has 0 rings (SSSR count). The third-order valence-corrected chi connectivity index (χ3v) is 0.304. The summed E-state index contributed by atoms with van der Waals surface area (Å²) in [6.07, 6.45) is 0. The van der Waals surface area contributed by atoms with Crippen molar-refractivity contribution in [2.75, 3.05) is 0 Å².